The molecule has 0 saturated heterocycles. The fraction of sp³-hybridized carbons (Fsp3) is 0.650. The van der Waals surface area contributed by atoms with Gasteiger partial charge in [0.05, 0.1) is 6.61 Å². The average Bonchev–Trinajstić information content (AvgIpc) is 2.52. The standard InChI is InChI=1S/C20H33BrN2O3/c1-8-20(6,7)22-12-14-10-16(25-9-2)17(11-15(14)21)26-13-18(24)23-19(3,4)5/h10-11,22H,8-9,12-13H2,1-7H3,(H,23,24). The molecule has 1 rings (SSSR count). The zero-order valence-corrected chi connectivity index (χ0v) is 18.7. The van der Waals surface area contributed by atoms with E-state index in [0.717, 1.165) is 16.5 Å². The van der Waals surface area contributed by atoms with Gasteiger partial charge in [-0.15, -0.1) is 0 Å². The third kappa shape index (κ3) is 7.96. The number of carbonyl (C=O) groups is 1. The lowest BCUT2D eigenvalue weighted by atomic mass is 10.0. The van der Waals surface area contributed by atoms with Crippen LogP contribution in [0.15, 0.2) is 16.6 Å². The molecule has 0 unspecified atom stereocenters. The molecular weight excluding hydrogens is 396 g/mol. The summed E-state index contributed by atoms with van der Waals surface area (Å²) in [6.07, 6.45) is 1.03. The predicted octanol–water partition coefficient (Wildman–Crippen LogP) is 4.42. The van der Waals surface area contributed by atoms with Crippen LogP contribution in [0.1, 0.15) is 60.5 Å². The van der Waals surface area contributed by atoms with Gasteiger partial charge < -0.3 is 20.1 Å². The Morgan fingerprint density at radius 2 is 1.69 bits per heavy atom. The highest BCUT2D eigenvalue weighted by Gasteiger charge is 2.18. The summed E-state index contributed by atoms with van der Waals surface area (Å²) in [4.78, 5) is 12.0. The molecule has 1 aromatic carbocycles. The Bertz CT molecular complexity index is 610. The molecule has 2 N–H and O–H groups in total. The summed E-state index contributed by atoms with van der Waals surface area (Å²) in [6.45, 7) is 15.4. The van der Waals surface area contributed by atoms with E-state index in [-0.39, 0.29) is 23.6 Å². The van der Waals surface area contributed by atoms with E-state index in [1.165, 1.54) is 0 Å². The van der Waals surface area contributed by atoms with E-state index in [1.54, 1.807) is 0 Å². The van der Waals surface area contributed by atoms with Gasteiger partial charge in [0.15, 0.2) is 18.1 Å². The van der Waals surface area contributed by atoms with Crippen LogP contribution in [0.25, 0.3) is 0 Å². The summed E-state index contributed by atoms with van der Waals surface area (Å²) >= 11 is 3.60. The lowest BCUT2D eigenvalue weighted by Gasteiger charge is -2.25. The Kier molecular flexibility index (Phi) is 8.41. The minimum atomic E-state index is -0.286. The van der Waals surface area contributed by atoms with E-state index >= 15 is 0 Å². The normalized spacial score (nSPS) is 12.0. The quantitative estimate of drug-likeness (QED) is 0.610. The van der Waals surface area contributed by atoms with E-state index in [0.29, 0.717) is 24.7 Å². The first-order valence-electron chi connectivity index (χ1n) is 9.11. The highest BCUT2D eigenvalue weighted by atomic mass is 79.9. The predicted molar refractivity (Wildman–Crippen MR) is 110 cm³/mol. The van der Waals surface area contributed by atoms with E-state index in [4.69, 9.17) is 9.47 Å². The molecule has 0 aliphatic carbocycles. The van der Waals surface area contributed by atoms with Crippen molar-refractivity contribution in [3.63, 3.8) is 0 Å². The summed E-state index contributed by atoms with van der Waals surface area (Å²) in [5.74, 6) is 1.04. The third-order valence-electron chi connectivity index (χ3n) is 3.93. The molecule has 0 heterocycles. The molecule has 1 aromatic rings. The van der Waals surface area contributed by atoms with Gasteiger partial charge >= 0.3 is 0 Å². The van der Waals surface area contributed by atoms with Crippen molar-refractivity contribution in [1.29, 1.82) is 0 Å². The second kappa shape index (κ2) is 9.60. The molecule has 6 heteroatoms. The van der Waals surface area contributed by atoms with Crippen LogP contribution >= 0.6 is 15.9 Å². The molecule has 0 bridgehead atoms. The maximum atomic E-state index is 12.0. The number of nitrogens with one attached hydrogen (secondary N) is 2. The Hall–Kier alpha value is -1.27. The summed E-state index contributed by atoms with van der Waals surface area (Å²) < 4.78 is 12.4. The second-order valence-electron chi connectivity index (χ2n) is 8.00. The molecule has 0 radical (unpaired) electrons. The summed E-state index contributed by atoms with van der Waals surface area (Å²) in [7, 11) is 0. The van der Waals surface area contributed by atoms with Crippen LogP contribution in [0.5, 0.6) is 11.5 Å². The van der Waals surface area contributed by atoms with Crippen molar-refractivity contribution >= 4 is 21.8 Å². The van der Waals surface area contributed by atoms with E-state index < -0.39 is 0 Å². The van der Waals surface area contributed by atoms with Gasteiger partial charge in [-0.3, -0.25) is 4.79 Å². The maximum absolute atomic E-state index is 12.0. The van der Waals surface area contributed by atoms with Gasteiger partial charge in [-0.1, -0.05) is 22.9 Å². The molecule has 0 aliphatic heterocycles. The Labute approximate surface area is 166 Å². The number of benzene rings is 1. The van der Waals surface area contributed by atoms with Crippen LogP contribution in [0, 0.1) is 0 Å². The summed E-state index contributed by atoms with van der Waals surface area (Å²) in [5.41, 5.74) is 0.859. The molecule has 0 spiro atoms. The highest BCUT2D eigenvalue weighted by Crippen LogP contribution is 2.34. The van der Waals surface area contributed by atoms with Crippen LogP contribution in [0.3, 0.4) is 0 Å². The molecule has 0 saturated carbocycles. The van der Waals surface area contributed by atoms with Gasteiger partial charge in [0.2, 0.25) is 0 Å². The van der Waals surface area contributed by atoms with Crippen LogP contribution < -0.4 is 20.1 Å². The topological polar surface area (TPSA) is 59.6 Å². The Balaban J connectivity index is 2.89. The maximum Gasteiger partial charge on any atom is 0.258 e. The molecule has 148 valence electrons. The van der Waals surface area contributed by atoms with Gasteiger partial charge in [-0.05, 0) is 65.7 Å². The van der Waals surface area contributed by atoms with Crippen molar-refractivity contribution in [3.8, 4) is 11.5 Å². The first-order chi connectivity index (χ1) is 12.0. The molecular formula is C20H33BrN2O3. The van der Waals surface area contributed by atoms with Crippen LogP contribution in [0.2, 0.25) is 0 Å². The smallest absolute Gasteiger partial charge is 0.258 e. The Morgan fingerprint density at radius 3 is 2.23 bits per heavy atom. The van der Waals surface area contributed by atoms with Crippen molar-refractivity contribution < 1.29 is 14.3 Å². The fourth-order valence-electron chi connectivity index (χ4n) is 2.15. The zero-order chi connectivity index (χ0) is 20.0. The SMILES string of the molecule is CCOc1cc(CNC(C)(C)CC)c(Br)cc1OCC(=O)NC(C)(C)C. The third-order valence-corrected chi connectivity index (χ3v) is 4.67. The van der Waals surface area contributed by atoms with Gasteiger partial charge in [0, 0.05) is 22.1 Å². The summed E-state index contributed by atoms with van der Waals surface area (Å²) in [5, 5.41) is 6.42. The zero-order valence-electron chi connectivity index (χ0n) is 17.1. The van der Waals surface area contributed by atoms with Gasteiger partial charge in [-0.2, -0.15) is 0 Å². The van der Waals surface area contributed by atoms with Crippen molar-refractivity contribution in [2.75, 3.05) is 13.2 Å². The molecule has 0 aromatic heterocycles. The number of halogens is 1. The summed E-state index contributed by atoms with van der Waals surface area (Å²) in [6, 6.07) is 3.83. The van der Waals surface area contributed by atoms with Gasteiger partial charge in [0.25, 0.3) is 5.91 Å². The monoisotopic (exact) mass is 428 g/mol. The number of hydrogen-bond donors (Lipinski definition) is 2. The van der Waals surface area contributed by atoms with E-state index in [1.807, 2.05) is 39.8 Å². The average molecular weight is 429 g/mol. The van der Waals surface area contributed by atoms with Gasteiger partial charge in [-0.25, -0.2) is 0 Å². The largest absolute Gasteiger partial charge is 0.490 e. The van der Waals surface area contributed by atoms with Gasteiger partial charge in [0.1, 0.15) is 0 Å². The van der Waals surface area contributed by atoms with E-state index in [2.05, 4.69) is 47.3 Å². The lowest BCUT2D eigenvalue weighted by Crippen LogP contribution is -2.43. The number of rotatable bonds is 9. The first kappa shape index (κ1) is 22.8. The first-order valence-corrected chi connectivity index (χ1v) is 9.90. The highest BCUT2D eigenvalue weighted by molar-refractivity contribution is 9.10. The van der Waals surface area contributed by atoms with E-state index in [9.17, 15) is 4.79 Å². The van der Waals surface area contributed by atoms with Crippen molar-refractivity contribution in [2.24, 2.45) is 0 Å². The molecule has 0 atom stereocenters. The molecule has 0 fully saturated rings. The number of carbonyl (C=O) groups excluding carboxylic acids is 1. The van der Waals surface area contributed by atoms with Crippen LogP contribution in [-0.2, 0) is 11.3 Å². The van der Waals surface area contributed by atoms with Crippen LogP contribution in [0.4, 0.5) is 0 Å². The number of amides is 1. The van der Waals surface area contributed by atoms with Crippen LogP contribution in [-0.4, -0.2) is 30.2 Å². The number of hydrogen-bond acceptors (Lipinski definition) is 4. The molecule has 1 amide bonds. The molecule has 26 heavy (non-hydrogen) atoms. The van der Waals surface area contributed by atoms with Crippen molar-refractivity contribution in [1.82, 2.24) is 10.6 Å². The van der Waals surface area contributed by atoms with Crippen molar-refractivity contribution in [3.05, 3.63) is 22.2 Å². The lowest BCUT2D eigenvalue weighted by molar-refractivity contribution is -0.124. The fourth-order valence-corrected chi connectivity index (χ4v) is 2.61. The minimum Gasteiger partial charge on any atom is -0.490 e. The minimum absolute atomic E-state index is 0.0513. The Morgan fingerprint density at radius 1 is 1.08 bits per heavy atom. The molecule has 0 aliphatic rings. The second-order valence-corrected chi connectivity index (χ2v) is 8.86. The molecule has 5 nitrogen and oxygen atoms in total. The van der Waals surface area contributed by atoms with Crippen molar-refractivity contribution in [2.45, 2.75) is 72.5 Å². The number of ether oxygens (including phenoxy) is 2.